The van der Waals surface area contributed by atoms with Crippen molar-refractivity contribution >= 4 is 35.1 Å². The quantitative estimate of drug-likeness (QED) is 0.436. The maximum absolute atomic E-state index is 12.8. The van der Waals surface area contributed by atoms with E-state index >= 15 is 0 Å². The van der Waals surface area contributed by atoms with E-state index in [-0.39, 0.29) is 10.7 Å². The lowest BCUT2D eigenvalue weighted by atomic mass is 10.3. The molecule has 0 saturated carbocycles. The summed E-state index contributed by atoms with van der Waals surface area (Å²) in [7, 11) is 0. The molecule has 0 aliphatic rings. The van der Waals surface area contributed by atoms with Gasteiger partial charge in [-0.05, 0) is 19.9 Å². The van der Waals surface area contributed by atoms with Gasteiger partial charge in [-0.25, -0.2) is 4.98 Å². The van der Waals surface area contributed by atoms with Crippen molar-refractivity contribution in [3.8, 4) is 17.3 Å². The Kier molecular flexibility index (Phi) is 6.52. The Morgan fingerprint density at radius 2 is 1.31 bits per heavy atom. The monoisotopic (exact) mass is 464 g/mol. The van der Waals surface area contributed by atoms with Gasteiger partial charge in [-0.2, -0.15) is 41.3 Å². The third-order valence-electron chi connectivity index (χ3n) is 3.44. The van der Waals surface area contributed by atoms with Crippen LogP contribution < -0.4 is 10.6 Å². The highest BCUT2D eigenvalue weighted by Crippen LogP contribution is 2.33. The molecule has 0 amide bonds. The molecular weight excluding hydrogens is 453 g/mol. The van der Waals surface area contributed by atoms with Crippen LogP contribution in [0.4, 0.5) is 38.2 Å². The lowest BCUT2D eigenvalue weighted by molar-refractivity contribution is -0.139. The molecular formula is C14H12Cl2F6N6O. The molecule has 2 atom stereocenters. The highest BCUT2D eigenvalue weighted by atomic mass is 35.5. The SMILES string of the molecule is CC(Nc1nc(NC(C)C(F)(F)F)nc(-c2cc(Cl)c(O)c(Cl)n2)n1)C(F)(F)F. The van der Waals surface area contributed by atoms with Crippen LogP contribution in [0.25, 0.3) is 11.5 Å². The third-order valence-corrected chi connectivity index (χ3v) is 3.99. The van der Waals surface area contributed by atoms with Gasteiger partial charge < -0.3 is 15.7 Å². The minimum Gasteiger partial charge on any atom is -0.504 e. The predicted octanol–water partition coefficient (Wildman–Crippen LogP) is 4.67. The summed E-state index contributed by atoms with van der Waals surface area (Å²) in [6.07, 6.45) is -9.36. The average molecular weight is 465 g/mol. The van der Waals surface area contributed by atoms with E-state index < -0.39 is 53.1 Å². The normalized spacial score (nSPS) is 14.4. The molecule has 7 nitrogen and oxygen atoms in total. The maximum atomic E-state index is 12.8. The molecule has 0 fully saturated rings. The number of anilines is 2. The second-order valence-corrected chi connectivity index (χ2v) is 6.52. The second kappa shape index (κ2) is 8.22. The van der Waals surface area contributed by atoms with Gasteiger partial charge in [0.2, 0.25) is 11.9 Å². The molecule has 160 valence electrons. The van der Waals surface area contributed by atoms with Crippen LogP contribution in [0.5, 0.6) is 5.75 Å². The van der Waals surface area contributed by atoms with Gasteiger partial charge in [0.1, 0.15) is 17.8 Å². The van der Waals surface area contributed by atoms with Gasteiger partial charge in [0.25, 0.3) is 0 Å². The van der Waals surface area contributed by atoms with Crippen molar-refractivity contribution in [1.82, 2.24) is 19.9 Å². The summed E-state index contributed by atoms with van der Waals surface area (Å²) < 4.78 is 76.8. The minimum atomic E-state index is -4.68. The van der Waals surface area contributed by atoms with E-state index in [2.05, 4.69) is 19.9 Å². The molecule has 2 aromatic rings. The van der Waals surface area contributed by atoms with Crippen molar-refractivity contribution in [3.05, 3.63) is 16.2 Å². The first kappa shape index (κ1) is 23.0. The Morgan fingerprint density at radius 3 is 1.69 bits per heavy atom. The fourth-order valence-corrected chi connectivity index (χ4v) is 2.20. The summed E-state index contributed by atoms with van der Waals surface area (Å²) in [5, 5.41) is 12.7. The van der Waals surface area contributed by atoms with Gasteiger partial charge in [-0.15, -0.1) is 0 Å². The third kappa shape index (κ3) is 5.85. The molecule has 0 aromatic carbocycles. The zero-order chi connectivity index (χ0) is 22.1. The molecule has 0 aliphatic heterocycles. The Morgan fingerprint density at radius 1 is 0.862 bits per heavy atom. The van der Waals surface area contributed by atoms with Crippen LogP contribution in [0, 0.1) is 0 Å². The van der Waals surface area contributed by atoms with Crippen LogP contribution in [-0.4, -0.2) is 49.5 Å². The number of rotatable bonds is 5. The summed E-state index contributed by atoms with van der Waals surface area (Å²) in [6, 6.07) is -3.21. The zero-order valence-electron chi connectivity index (χ0n) is 14.5. The molecule has 2 aromatic heterocycles. The van der Waals surface area contributed by atoms with Crippen molar-refractivity contribution in [2.24, 2.45) is 0 Å². The molecule has 0 aliphatic carbocycles. The number of hydrogen-bond acceptors (Lipinski definition) is 7. The van der Waals surface area contributed by atoms with Crippen molar-refractivity contribution in [1.29, 1.82) is 0 Å². The Hall–Kier alpha value is -2.28. The van der Waals surface area contributed by atoms with Crippen LogP contribution in [0.3, 0.4) is 0 Å². The van der Waals surface area contributed by atoms with Crippen molar-refractivity contribution in [2.75, 3.05) is 10.6 Å². The summed E-state index contributed by atoms with van der Waals surface area (Å²) in [5.41, 5.74) is -0.217. The number of hydrogen-bond donors (Lipinski definition) is 3. The van der Waals surface area contributed by atoms with Crippen LogP contribution >= 0.6 is 23.2 Å². The van der Waals surface area contributed by atoms with Crippen molar-refractivity contribution in [3.63, 3.8) is 0 Å². The molecule has 0 spiro atoms. The number of pyridine rings is 1. The van der Waals surface area contributed by atoms with E-state index in [9.17, 15) is 31.4 Å². The lowest BCUT2D eigenvalue weighted by Crippen LogP contribution is -2.35. The first-order valence-corrected chi connectivity index (χ1v) is 8.42. The number of aromatic hydroxyl groups is 1. The Balaban J connectivity index is 2.52. The van der Waals surface area contributed by atoms with E-state index in [4.69, 9.17) is 23.2 Å². The number of nitrogens with zero attached hydrogens (tertiary/aromatic N) is 4. The molecule has 29 heavy (non-hydrogen) atoms. The fourth-order valence-electron chi connectivity index (χ4n) is 1.76. The minimum absolute atomic E-state index is 0.217. The van der Waals surface area contributed by atoms with E-state index in [1.807, 2.05) is 10.6 Å². The van der Waals surface area contributed by atoms with Gasteiger partial charge in [0.15, 0.2) is 16.7 Å². The van der Waals surface area contributed by atoms with Crippen molar-refractivity contribution in [2.45, 2.75) is 38.3 Å². The molecule has 3 N–H and O–H groups in total. The second-order valence-electron chi connectivity index (χ2n) is 5.75. The predicted molar refractivity (Wildman–Crippen MR) is 93.0 cm³/mol. The van der Waals surface area contributed by atoms with E-state index in [0.717, 1.165) is 19.9 Å². The summed E-state index contributed by atoms with van der Waals surface area (Å²) in [5.74, 6) is -2.34. The van der Waals surface area contributed by atoms with Gasteiger partial charge in [0.05, 0.1) is 5.02 Å². The summed E-state index contributed by atoms with van der Waals surface area (Å²) in [6.45, 7) is 1.53. The zero-order valence-corrected chi connectivity index (χ0v) is 16.0. The number of halogens is 8. The lowest BCUT2D eigenvalue weighted by Gasteiger charge is -2.20. The van der Waals surface area contributed by atoms with Crippen LogP contribution in [-0.2, 0) is 0 Å². The smallest absolute Gasteiger partial charge is 0.408 e. The molecule has 2 rings (SSSR count). The highest BCUT2D eigenvalue weighted by Gasteiger charge is 2.38. The molecule has 0 saturated heterocycles. The first-order valence-electron chi connectivity index (χ1n) is 7.66. The van der Waals surface area contributed by atoms with Gasteiger partial charge >= 0.3 is 12.4 Å². The Bertz CT molecular complexity index is 831. The molecule has 15 heteroatoms. The topological polar surface area (TPSA) is 95.9 Å². The molecule has 2 heterocycles. The highest BCUT2D eigenvalue weighted by molar-refractivity contribution is 6.36. The number of alkyl halides is 6. The first-order chi connectivity index (χ1) is 13.2. The van der Waals surface area contributed by atoms with E-state index in [1.54, 1.807) is 0 Å². The van der Waals surface area contributed by atoms with Crippen molar-refractivity contribution < 1.29 is 31.4 Å². The van der Waals surface area contributed by atoms with Crippen LogP contribution in [0.1, 0.15) is 13.8 Å². The average Bonchev–Trinajstić information content (AvgIpc) is 2.57. The molecule has 0 bridgehead atoms. The summed E-state index contributed by atoms with van der Waals surface area (Å²) >= 11 is 11.5. The van der Waals surface area contributed by atoms with Crippen LogP contribution in [0.2, 0.25) is 10.2 Å². The largest absolute Gasteiger partial charge is 0.504 e. The standard InChI is InChI=1S/C14H12Cl2F6N6O/c1-4(13(17,18)19)23-11-26-10(7-3-6(15)8(29)9(16)25-7)27-12(28-11)24-5(2)14(20,21)22/h3-5,29H,1-2H3,(H2,23,24,26,27,28). The Labute approximate surface area is 169 Å². The van der Waals surface area contributed by atoms with Gasteiger partial charge in [-0.3, -0.25) is 0 Å². The summed E-state index contributed by atoms with van der Waals surface area (Å²) in [4.78, 5) is 14.7. The van der Waals surface area contributed by atoms with Gasteiger partial charge in [0, 0.05) is 0 Å². The van der Waals surface area contributed by atoms with Gasteiger partial charge in [-0.1, -0.05) is 23.2 Å². The maximum Gasteiger partial charge on any atom is 0.408 e. The number of aromatic nitrogens is 4. The molecule has 2 unspecified atom stereocenters. The van der Waals surface area contributed by atoms with E-state index in [1.165, 1.54) is 0 Å². The fraction of sp³-hybridized carbons (Fsp3) is 0.429. The molecule has 0 radical (unpaired) electrons. The van der Waals surface area contributed by atoms with E-state index in [0.29, 0.717) is 0 Å². The van der Waals surface area contributed by atoms with Crippen LogP contribution in [0.15, 0.2) is 6.07 Å². The number of nitrogens with one attached hydrogen (secondary N) is 2.